The summed E-state index contributed by atoms with van der Waals surface area (Å²) in [5.41, 5.74) is 0. The zero-order valence-corrected chi connectivity index (χ0v) is 31.0. The molecule has 0 aromatic heterocycles. The molecule has 1 amide bonds. The molecule has 5 nitrogen and oxygen atoms in total. The summed E-state index contributed by atoms with van der Waals surface area (Å²) in [6.45, 7) is 4.13. The summed E-state index contributed by atoms with van der Waals surface area (Å²) in [7, 11) is 0. The van der Waals surface area contributed by atoms with Gasteiger partial charge in [0.05, 0.1) is 18.8 Å². The normalized spacial score (nSPS) is 13.8. The Morgan fingerprint density at radius 3 is 1.33 bits per heavy atom. The second-order valence-electron chi connectivity index (χ2n) is 14.2. The highest BCUT2D eigenvalue weighted by molar-refractivity contribution is 5.76. The summed E-state index contributed by atoms with van der Waals surface area (Å²) in [4.78, 5) is 12.3. The molecule has 0 aromatic carbocycles. The summed E-state index contributed by atoms with van der Waals surface area (Å²) >= 11 is 0. The number of carbonyl (C=O) groups excluding carboxylic acids is 1. The van der Waals surface area contributed by atoms with Gasteiger partial charge < -0.3 is 20.6 Å². The third-order valence-corrected chi connectivity index (χ3v) is 9.62. The minimum absolute atomic E-state index is 0.158. The fourth-order valence-corrected chi connectivity index (χ4v) is 6.38. The first-order chi connectivity index (χ1) is 22.6. The monoisotopic (exact) mass is 652 g/mol. The van der Waals surface area contributed by atoms with Crippen molar-refractivity contribution in [3.8, 4) is 0 Å². The van der Waals surface area contributed by atoms with Crippen LogP contribution < -0.4 is 5.32 Å². The van der Waals surface area contributed by atoms with Gasteiger partial charge in [-0.05, 0) is 32.1 Å². The molecule has 0 fully saturated rings. The molecular formula is C41H81NO4. The largest absolute Gasteiger partial charge is 0.394 e. The van der Waals surface area contributed by atoms with Crippen LogP contribution in [0.3, 0.4) is 0 Å². The highest BCUT2D eigenvalue weighted by Gasteiger charge is 2.26. The topological polar surface area (TPSA) is 89.8 Å². The maximum atomic E-state index is 12.3. The van der Waals surface area contributed by atoms with Crippen molar-refractivity contribution < 1.29 is 20.1 Å². The van der Waals surface area contributed by atoms with E-state index in [4.69, 9.17) is 0 Å². The Kier molecular flexibility index (Phi) is 36.2. The number of hydrogen-bond acceptors (Lipinski definition) is 4. The molecule has 0 saturated carbocycles. The van der Waals surface area contributed by atoms with Crippen LogP contribution in [0.2, 0.25) is 0 Å². The van der Waals surface area contributed by atoms with Gasteiger partial charge in [0.25, 0.3) is 0 Å². The average Bonchev–Trinajstić information content (AvgIpc) is 3.06. The molecule has 3 atom stereocenters. The number of allylic oxidation sites excluding steroid dienone is 2. The predicted molar refractivity (Wildman–Crippen MR) is 199 cm³/mol. The molecule has 0 rings (SSSR count). The van der Waals surface area contributed by atoms with Gasteiger partial charge in [0.2, 0.25) is 5.91 Å². The van der Waals surface area contributed by atoms with Crippen LogP contribution in [0.5, 0.6) is 0 Å². The smallest absolute Gasteiger partial charge is 0.220 e. The molecule has 0 aliphatic rings. The van der Waals surface area contributed by atoms with Crippen molar-refractivity contribution in [3.63, 3.8) is 0 Å². The van der Waals surface area contributed by atoms with E-state index in [-0.39, 0.29) is 12.5 Å². The zero-order valence-electron chi connectivity index (χ0n) is 31.0. The number of rotatable bonds is 37. The number of carbonyl (C=O) groups is 1. The van der Waals surface area contributed by atoms with Gasteiger partial charge in [-0.15, -0.1) is 0 Å². The van der Waals surface area contributed by atoms with E-state index in [1.54, 1.807) is 0 Å². The van der Waals surface area contributed by atoms with Crippen LogP contribution in [-0.2, 0) is 4.79 Å². The maximum Gasteiger partial charge on any atom is 0.220 e. The number of amides is 1. The molecule has 0 saturated heterocycles. The molecule has 4 N–H and O–H groups in total. The number of unbranched alkanes of at least 4 members (excludes halogenated alkanes) is 27. The van der Waals surface area contributed by atoms with Crippen LogP contribution in [0, 0.1) is 0 Å². The average molecular weight is 652 g/mol. The fourth-order valence-electron chi connectivity index (χ4n) is 6.38. The van der Waals surface area contributed by atoms with Gasteiger partial charge in [-0.2, -0.15) is 0 Å². The van der Waals surface area contributed by atoms with E-state index in [1.165, 1.54) is 141 Å². The van der Waals surface area contributed by atoms with E-state index in [1.807, 2.05) is 0 Å². The molecule has 0 aliphatic heterocycles. The van der Waals surface area contributed by atoms with Crippen molar-refractivity contribution in [2.75, 3.05) is 6.61 Å². The molecule has 0 heterocycles. The molecule has 0 radical (unpaired) electrons. The quantitative estimate of drug-likeness (QED) is 0.0397. The fraction of sp³-hybridized carbons (Fsp3) is 0.927. The minimum atomic E-state index is -1.14. The third kappa shape index (κ3) is 31.7. The van der Waals surface area contributed by atoms with E-state index in [0.717, 1.165) is 51.4 Å². The number of hydrogen-bond donors (Lipinski definition) is 4. The molecule has 0 aromatic rings. The maximum absolute atomic E-state index is 12.3. The molecule has 274 valence electrons. The molecule has 5 heteroatoms. The molecule has 46 heavy (non-hydrogen) atoms. The first-order valence-corrected chi connectivity index (χ1v) is 20.5. The standard InChI is InChI=1S/C41H81NO4/c1-3-5-7-9-11-13-15-16-17-18-19-20-21-22-23-24-25-26-27-29-31-33-35-39(44)41(46)38(37-43)42-40(45)36-34-32-30-28-14-12-10-8-6-4-2/h10,12,38-39,41,43-44,46H,3-9,11,13-37H2,1-2H3,(H,42,45)/b12-10-. The Morgan fingerprint density at radius 2 is 0.891 bits per heavy atom. The van der Waals surface area contributed by atoms with Crippen molar-refractivity contribution in [3.05, 3.63) is 12.2 Å². The first-order valence-electron chi connectivity index (χ1n) is 20.5. The Hall–Kier alpha value is -0.910. The zero-order chi connectivity index (χ0) is 33.8. The lowest BCUT2D eigenvalue weighted by Crippen LogP contribution is -2.50. The van der Waals surface area contributed by atoms with E-state index >= 15 is 0 Å². The molecule has 0 spiro atoms. The van der Waals surface area contributed by atoms with Crippen LogP contribution in [0.15, 0.2) is 12.2 Å². The van der Waals surface area contributed by atoms with E-state index in [0.29, 0.717) is 12.8 Å². The predicted octanol–water partition coefficient (Wildman–Crippen LogP) is 11.3. The van der Waals surface area contributed by atoms with Crippen LogP contribution in [0.4, 0.5) is 0 Å². The van der Waals surface area contributed by atoms with Gasteiger partial charge >= 0.3 is 0 Å². The van der Waals surface area contributed by atoms with E-state index < -0.39 is 18.2 Å². The van der Waals surface area contributed by atoms with Crippen molar-refractivity contribution >= 4 is 5.91 Å². The SMILES string of the molecule is CCCC/C=C\CCCCCCC(=O)NC(CO)C(O)C(O)CCCCCCCCCCCCCCCCCCCCCCCC. The van der Waals surface area contributed by atoms with Crippen molar-refractivity contribution in [1.29, 1.82) is 0 Å². The van der Waals surface area contributed by atoms with Crippen LogP contribution >= 0.6 is 0 Å². The van der Waals surface area contributed by atoms with Gasteiger partial charge in [0, 0.05) is 6.42 Å². The number of aliphatic hydroxyl groups is 3. The Labute approximate surface area is 287 Å². The third-order valence-electron chi connectivity index (χ3n) is 9.62. The highest BCUT2D eigenvalue weighted by Crippen LogP contribution is 2.17. The van der Waals surface area contributed by atoms with E-state index in [9.17, 15) is 20.1 Å². The number of nitrogens with one attached hydrogen (secondary N) is 1. The van der Waals surface area contributed by atoms with Gasteiger partial charge in [0.1, 0.15) is 6.10 Å². The molecular weight excluding hydrogens is 570 g/mol. The van der Waals surface area contributed by atoms with Gasteiger partial charge in [0.15, 0.2) is 0 Å². The van der Waals surface area contributed by atoms with Crippen molar-refractivity contribution in [1.82, 2.24) is 5.32 Å². The van der Waals surface area contributed by atoms with Crippen molar-refractivity contribution in [2.24, 2.45) is 0 Å². The minimum Gasteiger partial charge on any atom is -0.394 e. The summed E-state index contributed by atoms with van der Waals surface area (Å²) < 4.78 is 0. The second-order valence-corrected chi connectivity index (χ2v) is 14.2. The second kappa shape index (κ2) is 36.9. The summed E-state index contributed by atoms with van der Waals surface area (Å²) in [6, 6.07) is -0.810. The Morgan fingerprint density at radius 1 is 0.522 bits per heavy atom. The molecule has 0 aliphatic carbocycles. The molecule has 0 bridgehead atoms. The summed E-state index contributed by atoms with van der Waals surface area (Å²) in [5.74, 6) is -0.158. The van der Waals surface area contributed by atoms with Crippen LogP contribution in [0.25, 0.3) is 0 Å². The van der Waals surface area contributed by atoms with Gasteiger partial charge in [-0.1, -0.05) is 193 Å². The first kappa shape index (κ1) is 45.1. The Balaban J connectivity index is 3.57. The van der Waals surface area contributed by atoms with E-state index in [2.05, 4.69) is 31.3 Å². The van der Waals surface area contributed by atoms with Crippen LogP contribution in [0.1, 0.15) is 219 Å². The summed E-state index contributed by atoms with van der Waals surface area (Å²) in [6.07, 6.45) is 41.8. The van der Waals surface area contributed by atoms with Crippen LogP contribution in [-0.4, -0.2) is 46.1 Å². The Bertz CT molecular complexity index is 640. The molecule has 3 unspecified atom stereocenters. The number of aliphatic hydroxyl groups excluding tert-OH is 3. The lowest BCUT2D eigenvalue weighted by molar-refractivity contribution is -0.124. The van der Waals surface area contributed by atoms with Gasteiger partial charge in [-0.25, -0.2) is 0 Å². The lowest BCUT2D eigenvalue weighted by Gasteiger charge is -2.26. The van der Waals surface area contributed by atoms with Crippen molar-refractivity contribution in [2.45, 2.75) is 238 Å². The summed E-state index contributed by atoms with van der Waals surface area (Å²) in [5, 5.41) is 33.4. The van der Waals surface area contributed by atoms with Gasteiger partial charge in [-0.3, -0.25) is 4.79 Å². The lowest BCUT2D eigenvalue weighted by atomic mass is 9.99. The highest BCUT2D eigenvalue weighted by atomic mass is 16.3.